The van der Waals surface area contributed by atoms with Crippen molar-refractivity contribution in [3.63, 3.8) is 0 Å². The number of carbonyl (C=O) groups excluding carboxylic acids is 2. The molecule has 28 heavy (non-hydrogen) atoms. The number of halogens is 1. The summed E-state index contributed by atoms with van der Waals surface area (Å²) in [5.41, 5.74) is 1.39. The third-order valence-electron chi connectivity index (χ3n) is 4.02. The van der Waals surface area contributed by atoms with Gasteiger partial charge in [-0.3, -0.25) is 14.5 Å². The summed E-state index contributed by atoms with van der Waals surface area (Å²) in [6, 6.07) is 16.2. The Morgan fingerprint density at radius 3 is 2.61 bits per heavy atom. The van der Waals surface area contributed by atoms with Crippen molar-refractivity contribution in [2.24, 2.45) is 4.99 Å². The lowest BCUT2D eigenvalue weighted by molar-refractivity contribution is -0.128. The first-order valence-corrected chi connectivity index (χ1v) is 9.98. The van der Waals surface area contributed by atoms with Crippen LogP contribution in [-0.2, 0) is 14.3 Å². The van der Waals surface area contributed by atoms with Crippen LogP contribution in [0.25, 0.3) is 0 Å². The highest BCUT2D eigenvalue weighted by Crippen LogP contribution is 2.32. The maximum atomic E-state index is 12.8. The average Bonchev–Trinajstić information content (AvgIpc) is 2.97. The van der Waals surface area contributed by atoms with Gasteiger partial charge < -0.3 is 10.1 Å². The van der Waals surface area contributed by atoms with Crippen LogP contribution in [0.15, 0.2) is 59.6 Å². The van der Waals surface area contributed by atoms with Gasteiger partial charge in [0.15, 0.2) is 5.17 Å². The number of thioether (sulfide) groups is 1. The zero-order valence-electron chi connectivity index (χ0n) is 15.3. The number of carbonyl (C=O) groups is 2. The Balaban J connectivity index is 1.73. The summed E-state index contributed by atoms with van der Waals surface area (Å²) in [4.78, 5) is 31.3. The molecule has 0 spiro atoms. The van der Waals surface area contributed by atoms with Gasteiger partial charge in [-0.25, -0.2) is 4.99 Å². The molecule has 0 aromatic heterocycles. The molecule has 1 saturated heterocycles. The molecule has 0 bridgehead atoms. The van der Waals surface area contributed by atoms with E-state index in [9.17, 15) is 9.59 Å². The Kier molecular flexibility index (Phi) is 7.08. The molecule has 8 heteroatoms. The quantitative estimate of drug-likeness (QED) is 0.740. The van der Waals surface area contributed by atoms with Gasteiger partial charge in [-0.05, 0) is 36.4 Å². The third-order valence-corrected chi connectivity index (χ3v) is 5.45. The monoisotopic (exact) mass is 417 g/mol. The van der Waals surface area contributed by atoms with E-state index in [2.05, 4.69) is 10.3 Å². The molecule has 1 fully saturated rings. The zero-order chi connectivity index (χ0) is 19.9. The van der Waals surface area contributed by atoms with Crippen molar-refractivity contribution in [3.8, 4) is 0 Å². The van der Waals surface area contributed by atoms with Crippen LogP contribution in [0.2, 0.25) is 5.02 Å². The van der Waals surface area contributed by atoms with Gasteiger partial charge >= 0.3 is 0 Å². The van der Waals surface area contributed by atoms with E-state index in [1.54, 1.807) is 48.4 Å². The lowest BCUT2D eigenvalue weighted by atomic mass is 10.2. The summed E-state index contributed by atoms with van der Waals surface area (Å²) in [6.07, 6.45) is 0.0709. The van der Waals surface area contributed by atoms with Crippen LogP contribution in [0.4, 0.5) is 11.4 Å². The van der Waals surface area contributed by atoms with Gasteiger partial charge in [0.25, 0.3) is 0 Å². The summed E-state index contributed by atoms with van der Waals surface area (Å²) >= 11 is 7.21. The summed E-state index contributed by atoms with van der Waals surface area (Å²) in [7, 11) is 1.58. The van der Waals surface area contributed by atoms with Crippen molar-refractivity contribution in [1.29, 1.82) is 0 Å². The predicted molar refractivity (Wildman–Crippen MR) is 113 cm³/mol. The fraction of sp³-hybridized carbons (Fsp3) is 0.250. The molecule has 2 aromatic rings. The molecule has 1 heterocycles. The Labute approximate surface area is 172 Å². The molecule has 2 aromatic carbocycles. The van der Waals surface area contributed by atoms with Crippen LogP contribution in [0, 0.1) is 0 Å². The molecule has 0 aliphatic carbocycles. The van der Waals surface area contributed by atoms with Crippen LogP contribution in [0.3, 0.4) is 0 Å². The lowest BCUT2D eigenvalue weighted by Crippen LogP contribution is -2.35. The number of amides is 2. The number of methoxy groups -OCH3 is 1. The molecule has 1 aliphatic rings. The standard InChI is InChI=1S/C20H20ClN3O3S/c1-27-12-11-24-19(26)17(13-18(25)22-15-5-3-2-4-6-15)28-20(24)23-16-9-7-14(21)8-10-16/h2-10,17H,11-13H2,1H3,(H,22,25)/t17-/m1/s1. The average molecular weight is 418 g/mol. The third kappa shape index (κ3) is 5.34. The molecule has 1 atom stereocenters. The number of benzene rings is 2. The highest BCUT2D eigenvalue weighted by Gasteiger charge is 2.38. The molecule has 0 radical (unpaired) electrons. The summed E-state index contributed by atoms with van der Waals surface area (Å²) in [6.45, 7) is 0.764. The molecular formula is C20H20ClN3O3S. The fourth-order valence-corrected chi connectivity index (χ4v) is 3.95. The molecule has 146 valence electrons. The van der Waals surface area contributed by atoms with Crippen LogP contribution in [-0.4, -0.2) is 47.4 Å². The highest BCUT2D eigenvalue weighted by molar-refractivity contribution is 8.15. The van der Waals surface area contributed by atoms with Crippen LogP contribution in [0.5, 0.6) is 0 Å². The number of nitrogens with one attached hydrogen (secondary N) is 1. The van der Waals surface area contributed by atoms with Crippen molar-refractivity contribution >= 4 is 51.7 Å². The highest BCUT2D eigenvalue weighted by atomic mass is 35.5. The molecule has 6 nitrogen and oxygen atoms in total. The molecule has 1 N–H and O–H groups in total. The molecular weight excluding hydrogens is 398 g/mol. The fourth-order valence-electron chi connectivity index (χ4n) is 2.64. The van der Waals surface area contributed by atoms with Crippen LogP contribution >= 0.6 is 23.4 Å². The smallest absolute Gasteiger partial charge is 0.242 e. The maximum absolute atomic E-state index is 12.8. The SMILES string of the molecule is COCCN1C(=O)[C@@H](CC(=O)Nc2ccccc2)SC1=Nc1ccc(Cl)cc1. The van der Waals surface area contributed by atoms with Gasteiger partial charge in [0, 0.05) is 24.2 Å². The van der Waals surface area contributed by atoms with E-state index in [0.29, 0.717) is 34.7 Å². The van der Waals surface area contributed by atoms with Crippen LogP contribution in [0.1, 0.15) is 6.42 Å². The molecule has 2 amide bonds. The number of para-hydroxylation sites is 1. The number of ether oxygens (including phenoxy) is 1. The Bertz CT molecular complexity index is 859. The number of aliphatic imine (C=N–C) groups is 1. The second kappa shape index (κ2) is 9.73. The minimum Gasteiger partial charge on any atom is -0.383 e. The first-order valence-electron chi connectivity index (χ1n) is 8.73. The predicted octanol–water partition coefficient (Wildman–Crippen LogP) is 3.95. The number of rotatable bonds is 7. The topological polar surface area (TPSA) is 71.0 Å². The van der Waals surface area contributed by atoms with Crippen molar-refractivity contribution in [2.75, 3.05) is 25.6 Å². The Morgan fingerprint density at radius 2 is 1.93 bits per heavy atom. The van der Waals surface area contributed by atoms with Crippen LogP contribution < -0.4 is 5.32 Å². The number of nitrogens with zero attached hydrogens (tertiary/aromatic N) is 2. The first-order chi connectivity index (χ1) is 13.6. The zero-order valence-corrected chi connectivity index (χ0v) is 16.9. The van der Waals surface area contributed by atoms with Gasteiger partial charge in [0.05, 0.1) is 18.8 Å². The largest absolute Gasteiger partial charge is 0.383 e. The van der Waals surface area contributed by atoms with E-state index in [-0.39, 0.29) is 18.2 Å². The van der Waals surface area contributed by atoms with Crippen molar-refractivity contribution in [1.82, 2.24) is 4.90 Å². The molecule has 0 saturated carbocycles. The van der Waals surface area contributed by atoms with Gasteiger partial charge in [0.2, 0.25) is 11.8 Å². The van der Waals surface area contributed by atoms with Gasteiger partial charge in [-0.15, -0.1) is 0 Å². The molecule has 3 rings (SSSR count). The van der Waals surface area contributed by atoms with Gasteiger partial charge in [0.1, 0.15) is 5.25 Å². The van der Waals surface area contributed by atoms with Gasteiger partial charge in [-0.2, -0.15) is 0 Å². The minimum atomic E-state index is -0.522. The van der Waals surface area contributed by atoms with E-state index in [0.717, 1.165) is 0 Å². The van der Waals surface area contributed by atoms with Crippen molar-refractivity contribution < 1.29 is 14.3 Å². The van der Waals surface area contributed by atoms with Crippen molar-refractivity contribution in [2.45, 2.75) is 11.7 Å². The number of anilines is 1. The Hall–Kier alpha value is -2.35. The van der Waals surface area contributed by atoms with E-state index in [1.807, 2.05) is 18.2 Å². The second-order valence-electron chi connectivity index (χ2n) is 6.08. The van der Waals surface area contributed by atoms with E-state index in [1.165, 1.54) is 11.8 Å². The Morgan fingerprint density at radius 1 is 1.21 bits per heavy atom. The number of amidine groups is 1. The van der Waals surface area contributed by atoms with E-state index in [4.69, 9.17) is 16.3 Å². The summed E-state index contributed by atoms with van der Waals surface area (Å²) in [5.74, 6) is -0.352. The maximum Gasteiger partial charge on any atom is 0.242 e. The number of hydrogen-bond acceptors (Lipinski definition) is 5. The molecule has 1 aliphatic heterocycles. The minimum absolute atomic E-state index is 0.0709. The lowest BCUT2D eigenvalue weighted by Gasteiger charge is -2.15. The second-order valence-corrected chi connectivity index (χ2v) is 7.68. The van der Waals surface area contributed by atoms with Gasteiger partial charge in [-0.1, -0.05) is 41.6 Å². The molecule has 0 unspecified atom stereocenters. The number of hydrogen-bond donors (Lipinski definition) is 1. The van der Waals surface area contributed by atoms with Crippen molar-refractivity contribution in [3.05, 3.63) is 59.6 Å². The normalized spacial score (nSPS) is 17.9. The van der Waals surface area contributed by atoms with E-state index < -0.39 is 5.25 Å². The first kappa shape index (κ1) is 20.4. The summed E-state index contributed by atoms with van der Waals surface area (Å²) < 4.78 is 5.11. The van der Waals surface area contributed by atoms with E-state index >= 15 is 0 Å². The summed E-state index contributed by atoms with van der Waals surface area (Å²) in [5, 5.41) is 3.47.